The van der Waals surface area contributed by atoms with Crippen molar-refractivity contribution in [2.75, 3.05) is 13.7 Å². The molecule has 80 valence electrons. The quantitative estimate of drug-likeness (QED) is 0.699. The Kier molecular flexibility index (Phi) is 3.02. The third kappa shape index (κ3) is 2.18. The molecule has 1 aromatic carbocycles. The lowest BCUT2D eigenvalue weighted by Crippen LogP contribution is -2.52. The molecule has 0 aliphatic carbocycles. The molecule has 1 unspecified atom stereocenters. The van der Waals surface area contributed by atoms with E-state index in [0.717, 1.165) is 19.5 Å². The molecule has 1 aliphatic rings. The molecule has 15 heavy (non-hydrogen) atoms. The second-order valence-corrected chi connectivity index (χ2v) is 3.78. The number of esters is 1. The van der Waals surface area contributed by atoms with Gasteiger partial charge in [0, 0.05) is 13.1 Å². The van der Waals surface area contributed by atoms with E-state index >= 15 is 0 Å². The Morgan fingerprint density at radius 2 is 2.20 bits per heavy atom. The Bertz CT molecular complexity index is 337. The van der Waals surface area contributed by atoms with Crippen LogP contribution in [-0.2, 0) is 16.1 Å². The number of nitrogens with zero attached hydrogens (tertiary/aromatic N) is 1. The van der Waals surface area contributed by atoms with Crippen LogP contribution >= 0.6 is 0 Å². The lowest BCUT2D eigenvalue weighted by molar-refractivity contribution is -0.152. The Morgan fingerprint density at radius 1 is 1.47 bits per heavy atom. The molecular formula is C12H15NO2. The van der Waals surface area contributed by atoms with Crippen LogP contribution in [0.2, 0.25) is 0 Å². The number of hydrogen-bond donors (Lipinski definition) is 0. The summed E-state index contributed by atoms with van der Waals surface area (Å²) in [5, 5.41) is 0. The highest BCUT2D eigenvalue weighted by Gasteiger charge is 2.34. The van der Waals surface area contributed by atoms with Crippen LogP contribution in [0.4, 0.5) is 0 Å². The fraction of sp³-hybridized carbons (Fsp3) is 0.417. The van der Waals surface area contributed by atoms with Gasteiger partial charge in [0.05, 0.1) is 7.11 Å². The maximum absolute atomic E-state index is 11.3. The summed E-state index contributed by atoms with van der Waals surface area (Å²) >= 11 is 0. The van der Waals surface area contributed by atoms with Crippen LogP contribution in [0.1, 0.15) is 12.0 Å². The highest BCUT2D eigenvalue weighted by Crippen LogP contribution is 2.21. The number of benzene rings is 1. The molecule has 0 bridgehead atoms. The van der Waals surface area contributed by atoms with Gasteiger partial charge in [0.25, 0.3) is 0 Å². The average Bonchev–Trinajstić information content (AvgIpc) is 2.25. The molecule has 0 aromatic heterocycles. The molecular weight excluding hydrogens is 190 g/mol. The first kappa shape index (κ1) is 10.2. The summed E-state index contributed by atoms with van der Waals surface area (Å²) in [4.78, 5) is 13.5. The van der Waals surface area contributed by atoms with Gasteiger partial charge in [-0.1, -0.05) is 30.3 Å². The molecule has 1 heterocycles. The summed E-state index contributed by atoms with van der Waals surface area (Å²) in [7, 11) is 1.45. The highest BCUT2D eigenvalue weighted by atomic mass is 16.5. The van der Waals surface area contributed by atoms with Gasteiger partial charge in [-0.15, -0.1) is 0 Å². The van der Waals surface area contributed by atoms with Crippen molar-refractivity contribution in [3.05, 3.63) is 35.9 Å². The van der Waals surface area contributed by atoms with Gasteiger partial charge in [-0.05, 0) is 12.0 Å². The number of likely N-dealkylation sites (tertiary alicyclic amines) is 1. The number of carbonyl (C=O) groups is 1. The zero-order chi connectivity index (χ0) is 10.7. The molecule has 2 rings (SSSR count). The molecule has 1 aliphatic heterocycles. The van der Waals surface area contributed by atoms with Gasteiger partial charge in [0.15, 0.2) is 0 Å². The molecule has 1 fully saturated rings. The number of rotatable bonds is 3. The first-order chi connectivity index (χ1) is 7.31. The Hall–Kier alpha value is -1.35. The van der Waals surface area contributed by atoms with Crippen LogP contribution in [-0.4, -0.2) is 30.6 Å². The molecule has 0 amide bonds. The lowest BCUT2D eigenvalue weighted by atomic mass is 10.0. The van der Waals surface area contributed by atoms with Crippen molar-refractivity contribution in [2.24, 2.45) is 0 Å². The minimum absolute atomic E-state index is 0.0322. The van der Waals surface area contributed by atoms with Gasteiger partial charge in [-0.25, -0.2) is 0 Å². The second kappa shape index (κ2) is 4.45. The van der Waals surface area contributed by atoms with Crippen LogP contribution in [0, 0.1) is 0 Å². The van der Waals surface area contributed by atoms with Crippen LogP contribution in [0.25, 0.3) is 0 Å². The molecule has 0 saturated carbocycles. The first-order valence-electron chi connectivity index (χ1n) is 5.17. The fourth-order valence-electron chi connectivity index (χ4n) is 1.85. The first-order valence-corrected chi connectivity index (χ1v) is 5.17. The minimum atomic E-state index is -0.114. The van der Waals surface area contributed by atoms with Crippen LogP contribution in [0.15, 0.2) is 30.3 Å². The van der Waals surface area contributed by atoms with Crippen LogP contribution in [0.5, 0.6) is 0 Å². The Labute approximate surface area is 89.7 Å². The van der Waals surface area contributed by atoms with Gasteiger partial charge in [0.1, 0.15) is 6.04 Å². The minimum Gasteiger partial charge on any atom is -0.468 e. The SMILES string of the molecule is COC(=O)C1CCN1Cc1ccccc1. The van der Waals surface area contributed by atoms with Crippen molar-refractivity contribution in [1.82, 2.24) is 4.90 Å². The van der Waals surface area contributed by atoms with Crippen molar-refractivity contribution in [3.63, 3.8) is 0 Å². The molecule has 1 atom stereocenters. The Morgan fingerprint density at radius 3 is 2.73 bits per heavy atom. The average molecular weight is 205 g/mol. The lowest BCUT2D eigenvalue weighted by Gasteiger charge is -2.38. The predicted molar refractivity (Wildman–Crippen MR) is 57.3 cm³/mol. The maximum Gasteiger partial charge on any atom is 0.323 e. The van der Waals surface area contributed by atoms with E-state index in [0.29, 0.717) is 0 Å². The van der Waals surface area contributed by atoms with E-state index in [2.05, 4.69) is 17.0 Å². The van der Waals surface area contributed by atoms with Crippen molar-refractivity contribution in [1.29, 1.82) is 0 Å². The summed E-state index contributed by atoms with van der Waals surface area (Å²) in [6.07, 6.45) is 0.916. The fourth-order valence-corrected chi connectivity index (χ4v) is 1.85. The van der Waals surface area contributed by atoms with Gasteiger partial charge >= 0.3 is 5.97 Å². The van der Waals surface area contributed by atoms with E-state index in [9.17, 15) is 4.79 Å². The van der Waals surface area contributed by atoms with E-state index in [1.54, 1.807) is 0 Å². The number of methoxy groups -OCH3 is 1. The molecule has 0 radical (unpaired) electrons. The normalized spacial score (nSPS) is 20.7. The summed E-state index contributed by atoms with van der Waals surface area (Å²) in [6.45, 7) is 1.81. The van der Waals surface area contributed by atoms with Crippen molar-refractivity contribution < 1.29 is 9.53 Å². The van der Waals surface area contributed by atoms with Crippen molar-refractivity contribution >= 4 is 5.97 Å². The predicted octanol–water partition coefficient (Wildman–Crippen LogP) is 1.43. The third-order valence-electron chi connectivity index (χ3n) is 2.83. The van der Waals surface area contributed by atoms with E-state index < -0.39 is 0 Å². The van der Waals surface area contributed by atoms with E-state index in [4.69, 9.17) is 4.74 Å². The van der Waals surface area contributed by atoms with Gasteiger partial charge in [-0.3, -0.25) is 9.69 Å². The molecule has 0 spiro atoms. The summed E-state index contributed by atoms with van der Waals surface area (Å²) in [5.74, 6) is -0.114. The summed E-state index contributed by atoms with van der Waals surface area (Å²) in [6, 6.07) is 10.1. The van der Waals surface area contributed by atoms with Gasteiger partial charge in [0.2, 0.25) is 0 Å². The number of ether oxygens (including phenoxy) is 1. The van der Waals surface area contributed by atoms with Crippen molar-refractivity contribution in [2.45, 2.75) is 19.0 Å². The zero-order valence-corrected chi connectivity index (χ0v) is 8.85. The maximum atomic E-state index is 11.3. The molecule has 1 saturated heterocycles. The zero-order valence-electron chi connectivity index (χ0n) is 8.85. The van der Waals surface area contributed by atoms with Crippen molar-refractivity contribution in [3.8, 4) is 0 Å². The standard InChI is InChI=1S/C12H15NO2/c1-15-12(14)11-7-8-13(11)9-10-5-3-2-4-6-10/h2-6,11H,7-9H2,1H3. The van der Waals surface area contributed by atoms with E-state index in [1.165, 1.54) is 12.7 Å². The molecule has 3 heteroatoms. The van der Waals surface area contributed by atoms with Gasteiger partial charge < -0.3 is 4.74 Å². The summed E-state index contributed by atoms with van der Waals surface area (Å²) in [5.41, 5.74) is 1.24. The van der Waals surface area contributed by atoms with E-state index in [-0.39, 0.29) is 12.0 Å². The molecule has 1 aromatic rings. The molecule has 3 nitrogen and oxygen atoms in total. The van der Waals surface area contributed by atoms with Crippen LogP contribution < -0.4 is 0 Å². The number of carbonyl (C=O) groups excluding carboxylic acids is 1. The Balaban J connectivity index is 1.94. The van der Waals surface area contributed by atoms with E-state index in [1.807, 2.05) is 18.2 Å². The largest absolute Gasteiger partial charge is 0.468 e. The topological polar surface area (TPSA) is 29.5 Å². The van der Waals surface area contributed by atoms with Gasteiger partial charge in [-0.2, -0.15) is 0 Å². The smallest absolute Gasteiger partial charge is 0.323 e. The van der Waals surface area contributed by atoms with Crippen LogP contribution in [0.3, 0.4) is 0 Å². The molecule has 0 N–H and O–H groups in total. The monoisotopic (exact) mass is 205 g/mol. The second-order valence-electron chi connectivity index (χ2n) is 3.78. The number of hydrogen-bond acceptors (Lipinski definition) is 3. The highest BCUT2D eigenvalue weighted by molar-refractivity contribution is 5.76. The third-order valence-corrected chi connectivity index (χ3v) is 2.83. The summed E-state index contributed by atoms with van der Waals surface area (Å²) < 4.78 is 4.74.